The van der Waals surface area contributed by atoms with Gasteiger partial charge in [-0.3, -0.25) is 4.79 Å². The van der Waals surface area contributed by atoms with Gasteiger partial charge in [-0.05, 0) is 6.42 Å². The Morgan fingerprint density at radius 3 is 2.89 bits per heavy atom. The van der Waals surface area contributed by atoms with Crippen LogP contribution in [0.25, 0.3) is 0 Å². The van der Waals surface area contributed by atoms with Gasteiger partial charge in [-0.25, -0.2) is 9.78 Å². The molecule has 19 heavy (non-hydrogen) atoms. The number of carboxylic acid groups (broad SMARTS) is 1. The van der Waals surface area contributed by atoms with Crippen molar-refractivity contribution in [1.29, 1.82) is 0 Å². The molecule has 7 heteroatoms. The van der Waals surface area contributed by atoms with E-state index >= 15 is 0 Å². The highest BCUT2D eigenvalue weighted by atomic mass is 32.1. The molecule has 0 spiro atoms. The van der Waals surface area contributed by atoms with Crippen LogP contribution in [-0.2, 0) is 16.1 Å². The van der Waals surface area contributed by atoms with Crippen molar-refractivity contribution in [2.75, 3.05) is 7.11 Å². The first kappa shape index (κ1) is 15.6. The lowest BCUT2D eigenvalue weighted by Gasteiger charge is -2.12. The molecule has 1 aromatic rings. The lowest BCUT2D eigenvalue weighted by molar-refractivity contribution is -0.139. The van der Waals surface area contributed by atoms with Crippen LogP contribution in [0.2, 0.25) is 0 Å². The van der Waals surface area contributed by atoms with Crippen LogP contribution in [0, 0.1) is 0 Å². The first-order valence-corrected chi connectivity index (χ1v) is 6.93. The molecule has 0 aliphatic carbocycles. The second-order valence-corrected chi connectivity index (χ2v) is 5.01. The third kappa shape index (κ3) is 4.96. The van der Waals surface area contributed by atoms with Crippen molar-refractivity contribution in [1.82, 2.24) is 10.3 Å². The van der Waals surface area contributed by atoms with Crippen LogP contribution in [-0.4, -0.2) is 35.1 Å². The summed E-state index contributed by atoms with van der Waals surface area (Å²) in [6, 6.07) is -0.861. The number of hydrogen-bond donors (Lipinski definition) is 2. The highest BCUT2D eigenvalue weighted by Crippen LogP contribution is 2.11. The fourth-order valence-electron chi connectivity index (χ4n) is 1.50. The van der Waals surface area contributed by atoms with Crippen LogP contribution in [0.5, 0.6) is 0 Å². The number of amides is 1. The van der Waals surface area contributed by atoms with Gasteiger partial charge in [0.15, 0.2) is 0 Å². The van der Waals surface area contributed by atoms with Crippen LogP contribution in [0.4, 0.5) is 0 Å². The van der Waals surface area contributed by atoms with Crippen molar-refractivity contribution in [3.05, 3.63) is 16.1 Å². The third-order valence-electron chi connectivity index (χ3n) is 2.50. The fraction of sp³-hybridized carbons (Fsp3) is 0.583. The molecule has 0 bridgehead atoms. The van der Waals surface area contributed by atoms with Crippen molar-refractivity contribution in [3.63, 3.8) is 0 Å². The van der Waals surface area contributed by atoms with Gasteiger partial charge in [-0.1, -0.05) is 19.8 Å². The number of carbonyl (C=O) groups is 2. The minimum Gasteiger partial charge on any atom is -0.480 e. The minimum atomic E-state index is -1.02. The smallest absolute Gasteiger partial charge is 0.326 e. The van der Waals surface area contributed by atoms with Crippen LogP contribution in [0.3, 0.4) is 0 Å². The summed E-state index contributed by atoms with van der Waals surface area (Å²) in [4.78, 5) is 27.0. The molecule has 0 saturated carbocycles. The Labute approximate surface area is 115 Å². The Morgan fingerprint density at radius 2 is 2.32 bits per heavy atom. The number of carbonyl (C=O) groups excluding carboxylic acids is 1. The molecular formula is C12H18N2O4S. The molecule has 0 aromatic carbocycles. The quantitative estimate of drug-likeness (QED) is 0.758. The van der Waals surface area contributed by atoms with Gasteiger partial charge >= 0.3 is 5.97 Å². The zero-order valence-electron chi connectivity index (χ0n) is 11.0. The van der Waals surface area contributed by atoms with Crippen LogP contribution < -0.4 is 5.32 Å². The number of hydrogen-bond acceptors (Lipinski definition) is 5. The largest absolute Gasteiger partial charge is 0.480 e. The van der Waals surface area contributed by atoms with E-state index in [1.54, 1.807) is 12.5 Å². The van der Waals surface area contributed by atoms with Crippen LogP contribution in [0.15, 0.2) is 5.38 Å². The van der Waals surface area contributed by atoms with E-state index in [4.69, 9.17) is 9.84 Å². The standard InChI is InChI=1S/C12H18N2O4S/c1-3-4-5-8(12(16)17)14-11(15)9-7-19-10(13-9)6-18-2/h7-8H,3-6H2,1-2H3,(H,14,15)(H,16,17). The van der Waals surface area contributed by atoms with Gasteiger partial charge in [0.25, 0.3) is 5.91 Å². The predicted octanol–water partition coefficient (Wildman–Crippen LogP) is 1.66. The Kier molecular flexibility index (Phi) is 6.44. The SMILES string of the molecule is CCCCC(NC(=O)c1csc(COC)n1)C(=O)O. The molecule has 2 N–H and O–H groups in total. The van der Waals surface area contributed by atoms with Crippen molar-refractivity contribution in [3.8, 4) is 0 Å². The van der Waals surface area contributed by atoms with Gasteiger partial charge in [0.05, 0.1) is 6.61 Å². The second-order valence-electron chi connectivity index (χ2n) is 4.07. The molecule has 1 heterocycles. The van der Waals surface area contributed by atoms with E-state index in [1.165, 1.54) is 11.3 Å². The third-order valence-corrected chi connectivity index (χ3v) is 3.32. The van der Waals surface area contributed by atoms with Crippen molar-refractivity contribution in [2.45, 2.75) is 38.8 Å². The first-order valence-electron chi connectivity index (χ1n) is 6.05. The summed E-state index contributed by atoms with van der Waals surface area (Å²) in [5, 5.41) is 13.8. The molecule has 0 saturated heterocycles. The topological polar surface area (TPSA) is 88.5 Å². The number of aromatic nitrogens is 1. The molecule has 6 nitrogen and oxygen atoms in total. The maximum Gasteiger partial charge on any atom is 0.326 e. The van der Waals surface area contributed by atoms with Gasteiger partial charge < -0.3 is 15.2 Å². The van der Waals surface area contributed by atoms with Gasteiger partial charge in [0, 0.05) is 12.5 Å². The Balaban J connectivity index is 2.62. The van der Waals surface area contributed by atoms with Gasteiger partial charge in [0.2, 0.25) is 0 Å². The maximum absolute atomic E-state index is 11.9. The normalized spacial score (nSPS) is 12.1. The minimum absolute atomic E-state index is 0.236. The van der Waals surface area contributed by atoms with E-state index in [0.717, 1.165) is 12.8 Å². The van der Waals surface area contributed by atoms with Crippen molar-refractivity contribution in [2.24, 2.45) is 0 Å². The Bertz CT molecular complexity index is 433. The number of nitrogens with zero attached hydrogens (tertiary/aromatic N) is 1. The molecule has 1 atom stereocenters. The number of thiazole rings is 1. The number of nitrogens with one attached hydrogen (secondary N) is 1. The number of ether oxygens (including phenoxy) is 1. The van der Waals surface area contributed by atoms with Gasteiger partial charge in [-0.15, -0.1) is 11.3 Å². The summed E-state index contributed by atoms with van der Waals surface area (Å²) in [6.07, 6.45) is 2.06. The summed E-state index contributed by atoms with van der Waals surface area (Å²) >= 11 is 1.31. The summed E-state index contributed by atoms with van der Waals surface area (Å²) < 4.78 is 4.92. The number of methoxy groups -OCH3 is 1. The Hall–Kier alpha value is -1.47. The monoisotopic (exact) mass is 286 g/mol. The van der Waals surface area contributed by atoms with Gasteiger partial charge in [-0.2, -0.15) is 0 Å². The predicted molar refractivity (Wildman–Crippen MR) is 71.2 cm³/mol. The van der Waals surface area contributed by atoms with E-state index in [9.17, 15) is 9.59 Å². The summed E-state index contributed by atoms with van der Waals surface area (Å²) in [6.45, 7) is 2.31. The van der Waals surface area contributed by atoms with Crippen LogP contribution >= 0.6 is 11.3 Å². The molecule has 0 aliphatic heterocycles. The number of carboxylic acids is 1. The second kappa shape index (κ2) is 7.85. The highest BCUT2D eigenvalue weighted by molar-refractivity contribution is 7.09. The van der Waals surface area contributed by atoms with Gasteiger partial charge in [0.1, 0.15) is 16.7 Å². The summed E-state index contributed by atoms with van der Waals surface area (Å²) in [5.41, 5.74) is 0.236. The average molecular weight is 286 g/mol. The molecule has 1 aromatic heterocycles. The number of rotatable bonds is 8. The molecule has 106 valence electrons. The van der Waals surface area contributed by atoms with E-state index in [2.05, 4.69) is 10.3 Å². The average Bonchev–Trinajstić information content (AvgIpc) is 2.83. The van der Waals surface area contributed by atoms with E-state index in [1.807, 2.05) is 6.92 Å². The lowest BCUT2D eigenvalue weighted by atomic mass is 10.1. The zero-order valence-corrected chi connectivity index (χ0v) is 11.8. The van der Waals surface area contributed by atoms with E-state index in [0.29, 0.717) is 18.0 Å². The molecule has 0 fully saturated rings. The maximum atomic E-state index is 11.9. The summed E-state index contributed by atoms with van der Waals surface area (Å²) in [5.74, 6) is -1.48. The number of aliphatic carboxylic acids is 1. The first-order chi connectivity index (χ1) is 9.08. The lowest BCUT2D eigenvalue weighted by Crippen LogP contribution is -2.40. The summed E-state index contributed by atoms with van der Waals surface area (Å²) in [7, 11) is 1.55. The highest BCUT2D eigenvalue weighted by Gasteiger charge is 2.21. The van der Waals surface area contributed by atoms with Crippen molar-refractivity contribution >= 4 is 23.2 Å². The van der Waals surface area contributed by atoms with Crippen LogP contribution in [0.1, 0.15) is 41.7 Å². The fourth-order valence-corrected chi connectivity index (χ4v) is 2.25. The molecule has 1 unspecified atom stereocenters. The zero-order chi connectivity index (χ0) is 14.3. The molecule has 1 amide bonds. The molecule has 1 rings (SSSR count). The van der Waals surface area contributed by atoms with E-state index < -0.39 is 17.9 Å². The Morgan fingerprint density at radius 1 is 1.58 bits per heavy atom. The molecular weight excluding hydrogens is 268 g/mol. The molecule has 0 aliphatic rings. The molecule has 0 radical (unpaired) electrons. The van der Waals surface area contributed by atoms with E-state index in [-0.39, 0.29) is 5.69 Å². The van der Waals surface area contributed by atoms with Crippen molar-refractivity contribution < 1.29 is 19.4 Å². The number of unbranched alkanes of at least 4 members (excludes halogenated alkanes) is 1.